The Bertz CT molecular complexity index is 1080. The lowest BCUT2D eigenvalue weighted by Gasteiger charge is -2.25. The number of nitrogens with zero attached hydrogens (tertiary/aromatic N) is 1. The summed E-state index contributed by atoms with van der Waals surface area (Å²) < 4.78 is 65.2. The molecule has 10 heteroatoms. The van der Waals surface area contributed by atoms with Crippen LogP contribution in [-0.4, -0.2) is 48.4 Å². The lowest BCUT2D eigenvalue weighted by molar-refractivity contribution is 0.346. The maximum atomic E-state index is 12.7. The molecule has 1 aliphatic heterocycles. The molecule has 1 fully saturated rings. The van der Waals surface area contributed by atoms with Crippen LogP contribution in [0.3, 0.4) is 0 Å². The molecule has 1 N–H and O–H groups in total. The van der Waals surface area contributed by atoms with Crippen LogP contribution in [0.5, 0.6) is 11.5 Å². The quantitative estimate of drug-likeness (QED) is 0.657. The van der Waals surface area contributed by atoms with E-state index in [1.807, 2.05) is 0 Å². The molecule has 0 saturated carbocycles. The third-order valence-electron chi connectivity index (χ3n) is 5.00. The smallest absolute Gasteiger partial charge is 0.244 e. The van der Waals surface area contributed by atoms with Crippen molar-refractivity contribution < 1.29 is 26.3 Å². The van der Waals surface area contributed by atoms with Gasteiger partial charge in [-0.2, -0.15) is 4.31 Å². The molecule has 0 spiro atoms. The third-order valence-corrected chi connectivity index (χ3v) is 8.34. The number of hydrogen-bond donors (Lipinski definition) is 1. The van der Waals surface area contributed by atoms with Crippen molar-refractivity contribution >= 4 is 20.0 Å². The van der Waals surface area contributed by atoms with Gasteiger partial charge in [0.1, 0.15) is 16.4 Å². The van der Waals surface area contributed by atoms with Gasteiger partial charge in [0.15, 0.2) is 0 Å². The van der Waals surface area contributed by atoms with Crippen molar-refractivity contribution in [3.63, 3.8) is 0 Å². The molecule has 0 aromatic heterocycles. The minimum absolute atomic E-state index is 0.00669. The number of ether oxygens (including phenoxy) is 2. The molecule has 0 bridgehead atoms. The van der Waals surface area contributed by atoms with Crippen molar-refractivity contribution in [2.24, 2.45) is 0 Å². The van der Waals surface area contributed by atoms with E-state index >= 15 is 0 Å². The van der Waals surface area contributed by atoms with Gasteiger partial charge in [-0.05, 0) is 42.7 Å². The van der Waals surface area contributed by atoms with E-state index in [1.54, 1.807) is 18.2 Å². The Morgan fingerprint density at radius 1 is 0.900 bits per heavy atom. The third kappa shape index (κ3) is 4.94. The second kappa shape index (κ2) is 9.34. The monoisotopic (exact) mass is 454 g/mol. The van der Waals surface area contributed by atoms with E-state index in [2.05, 4.69) is 4.72 Å². The highest BCUT2D eigenvalue weighted by atomic mass is 32.2. The predicted molar refractivity (Wildman–Crippen MR) is 113 cm³/mol. The Hall–Kier alpha value is -2.14. The van der Waals surface area contributed by atoms with Crippen LogP contribution in [0.2, 0.25) is 0 Å². The first-order valence-corrected chi connectivity index (χ1v) is 12.5. The van der Waals surface area contributed by atoms with Crippen LogP contribution >= 0.6 is 0 Å². The maximum absolute atomic E-state index is 12.7. The highest BCUT2D eigenvalue weighted by Gasteiger charge is 2.26. The van der Waals surface area contributed by atoms with E-state index in [1.165, 1.54) is 42.8 Å². The molecule has 164 valence electrons. The summed E-state index contributed by atoms with van der Waals surface area (Å²) in [7, 11) is -4.55. The normalized spacial score (nSPS) is 15.7. The largest absolute Gasteiger partial charge is 0.497 e. The number of hydrogen-bond acceptors (Lipinski definition) is 6. The number of benzene rings is 2. The molecule has 8 nitrogen and oxygen atoms in total. The molecule has 3 rings (SSSR count). The standard InChI is InChI=1S/C20H26N2O6S2/c1-27-17-8-11-19(28-2)20(14-17)29(23,24)21-15-16-6-9-18(10-7-16)30(25,26)22-12-4-3-5-13-22/h6-11,14,21H,3-5,12-13,15H2,1-2H3. The highest BCUT2D eigenvalue weighted by Crippen LogP contribution is 2.28. The Morgan fingerprint density at radius 3 is 2.17 bits per heavy atom. The zero-order valence-electron chi connectivity index (χ0n) is 17.0. The molecule has 0 atom stereocenters. The summed E-state index contributed by atoms with van der Waals surface area (Å²) in [5.41, 5.74) is 0.637. The van der Waals surface area contributed by atoms with Crippen LogP contribution in [0.1, 0.15) is 24.8 Å². The maximum Gasteiger partial charge on any atom is 0.244 e. The Kier molecular flexibility index (Phi) is 7.02. The fourth-order valence-electron chi connectivity index (χ4n) is 3.28. The van der Waals surface area contributed by atoms with Crippen LogP contribution in [-0.2, 0) is 26.6 Å². The highest BCUT2D eigenvalue weighted by molar-refractivity contribution is 7.89. The average molecular weight is 455 g/mol. The van der Waals surface area contributed by atoms with E-state index in [4.69, 9.17) is 9.47 Å². The first-order chi connectivity index (χ1) is 14.3. The zero-order chi connectivity index (χ0) is 21.8. The summed E-state index contributed by atoms with van der Waals surface area (Å²) in [4.78, 5) is 0.180. The van der Waals surface area contributed by atoms with Crippen molar-refractivity contribution in [1.82, 2.24) is 9.03 Å². The van der Waals surface area contributed by atoms with E-state index in [0.29, 0.717) is 24.4 Å². The molecular formula is C20H26N2O6S2. The Morgan fingerprint density at radius 2 is 1.57 bits per heavy atom. The van der Waals surface area contributed by atoms with Gasteiger partial charge in [-0.15, -0.1) is 0 Å². The van der Waals surface area contributed by atoms with Gasteiger partial charge in [0, 0.05) is 25.7 Å². The lowest BCUT2D eigenvalue weighted by Crippen LogP contribution is -2.35. The summed E-state index contributed by atoms with van der Waals surface area (Å²) in [6.45, 7) is 1.07. The molecule has 1 saturated heterocycles. The van der Waals surface area contributed by atoms with Gasteiger partial charge < -0.3 is 9.47 Å². The summed E-state index contributed by atoms with van der Waals surface area (Å²) in [5, 5.41) is 0. The molecule has 2 aromatic rings. The number of sulfonamides is 2. The van der Waals surface area contributed by atoms with Crippen molar-refractivity contribution in [2.75, 3.05) is 27.3 Å². The zero-order valence-corrected chi connectivity index (χ0v) is 18.6. The van der Waals surface area contributed by atoms with Gasteiger partial charge in [0.25, 0.3) is 0 Å². The molecule has 30 heavy (non-hydrogen) atoms. The lowest BCUT2D eigenvalue weighted by atomic mass is 10.2. The summed E-state index contributed by atoms with van der Waals surface area (Å²) in [6.07, 6.45) is 2.78. The molecule has 1 heterocycles. The number of piperidine rings is 1. The fraction of sp³-hybridized carbons (Fsp3) is 0.400. The first-order valence-electron chi connectivity index (χ1n) is 9.59. The van der Waals surface area contributed by atoms with Gasteiger partial charge in [0.05, 0.1) is 19.1 Å². The SMILES string of the molecule is COc1ccc(OC)c(S(=O)(=O)NCc2ccc(S(=O)(=O)N3CCCCC3)cc2)c1. The van der Waals surface area contributed by atoms with Crippen LogP contribution in [0, 0.1) is 0 Å². The number of nitrogens with one attached hydrogen (secondary N) is 1. The van der Waals surface area contributed by atoms with Gasteiger partial charge in [-0.25, -0.2) is 21.6 Å². The Balaban J connectivity index is 1.73. The molecule has 0 aliphatic carbocycles. The molecule has 0 amide bonds. The molecule has 0 radical (unpaired) electrons. The second-order valence-electron chi connectivity index (χ2n) is 6.95. The average Bonchev–Trinajstić information content (AvgIpc) is 2.78. The van der Waals surface area contributed by atoms with E-state index in [0.717, 1.165) is 19.3 Å². The van der Waals surface area contributed by atoms with Gasteiger partial charge in [-0.1, -0.05) is 18.6 Å². The minimum Gasteiger partial charge on any atom is -0.497 e. The summed E-state index contributed by atoms with van der Waals surface area (Å²) >= 11 is 0. The number of methoxy groups -OCH3 is 2. The topological polar surface area (TPSA) is 102 Å². The minimum atomic E-state index is -3.87. The van der Waals surface area contributed by atoms with E-state index in [-0.39, 0.29) is 22.1 Å². The van der Waals surface area contributed by atoms with Crippen LogP contribution < -0.4 is 14.2 Å². The second-order valence-corrected chi connectivity index (χ2v) is 10.6. The molecule has 2 aromatic carbocycles. The first kappa shape index (κ1) is 22.5. The van der Waals surface area contributed by atoms with Crippen molar-refractivity contribution in [3.05, 3.63) is 48.0 Å². The van der Waals surface area contributed by atoms with Crippen molar-refractivity contribution in [1.29, 1.82) is 0 Å². The van der Waals surface area contributed by atoms with Gasteiger partial charge >= 0.3 is 0 Å². The Labute approximate surface area is 177 Å². The van der Waals surface area contributed by atoms with Crippen LogP contribution in [0.4, 0.5) is 0 Å². The van der Waals surface area contributed by atoms with Gasteiger partial charge in [-0.3, -0.25) is 0 Å². The van der Waals surface area contributed by atoms with E-state index in [9.17, 15) is 16.8 Å². The van der Waals surface area contributed by atoms with Crippen molar-refractivity contribution in [3.8, 4) is 11.5 Å². The summed E-state index contributed by atoms with van der Waals surface area (Å²) in [6, 6.07) is 10.8. The molecule has 0 unspecified atom stereocenters. The molecular weight excluding hydrogens is 428 g/mol. The van der Waals surface area contributed by atoms with Crippen molar-refractivity contribution in [2.45, 2.75) is 35.6 Å². The van der Waals surface area contributed by atoms with Crippen LogP contribution in [0.15, 0.2) is 52.3 Å². The molecule has 1 aliphatic rings. The van der Waals surface area contributed by atoms with Gasteiger partial charge in [0.2, 0.25) is 20.0 Å². The predicted octanol–water partition coefficient (Wildman–Crippen LogP) is 2.36. The fourth-order valence-corrected chi connectivity index (χ4v) is 6.00. The number of rotatable bonds is 8. The summed E-state index contributed by atoms with van der Waals surface area (Å²) in [5.74, 6) is 0.592. The van der Waals surface area contributed by atoms with Crippen LogP contribution in [0.25, 0.3) is 0 Å². The van der Waals surface area contributed by atoms with E-state index < -0.39 is 20.0 Å².